The van der Waals surface area contributed by atoms with Crippen molar-refractivity contribution in [3.8, 4) is 0 Å². The lowest BCUT2D eigenvalue weighted by molar-refractivity contribution is -0.384. The number of rotatable bonds is 10. The van der Waals surface area contributed by atoms with Gasteiger partial charge in [0.1, 0.15) is 5.69 Å². The van der Waals surface area contributed by atoms with Crippen LogP contribution >= 0.6 is 0 Å². The Kier molecular flexibility index (Phi) is 8.25. The zero-order valence-electron chi connectivity index (χ0n) is 18.8. The second kappa shape index (κ2) is 10.7. The van der Waals surface area contributed by atoms with E-state index >= 15 is 0 Å². The van der Waals surface area contributed by atoms with Crippen molar-refractivity contribution >= 4 is 23.3 Å². The fraction of sp³-hybridized carbons (Fsp3) is 0.409. The highest BCUT2D eigenvalue weighted by molar-refractivity contribution is 6.07. The van der Waals surface area contributed by atoms with Crippen molar-refractivity contribution < 1.29 is 28.8 Å². The van der Waals surface area contributed by atoms with E-state index in [0.717, 1.165) is 0 Å². The van der Waals surface area contributed by atoms with Crippen LogP contribution in [0.3, 0.4) is 0 Å². The Hall–Kier alpha value is -3.53. The van der Waals surface area contributed by atoms with Crippen LogP contribution in [0.15, 0.2) is 24.3 Å². The molecule has 0 saturated carbocycles. The number of ether oxygens (including phenoxy) is 2. The molecule has 0 saturated heterocycles. The molecule has 2 aromatic rings. The van der Waals surface area contributed by atoms with Crippen molar-refractivity contribution in [3.63, 3.8) is 0 Å². The van der Waals surface area contributed by atoms with E-state index in [1.807, 2.05) is 0 Å². The highest BCUT2D eigenvalue weighted by atomic mass is 16.6. The maximum absolute atomic E-state index is 13.4. The molecular formula is C22H27N3O7. The summed E-state index contributed by atoms with van der Waals surface area (Å²) in [6.45, 7) is 7.01. The van der Waals surface area contributed by atoms with Crippen molar-refractivity contribution in [2.75, 3.05) is 26.9 Å². The highest BCUT2D eigenvalue weighted by Crippen LogP contribution is 2.23. The van der Waals surface area contributed by atoms with Gasteiger partial charge in [-0.1, -0.05) is 6.07 Å². The number of nitrogens with zero attached hydrogens (tertiary/aromatic N) is 2. The minimum absolute atomic E-state index is 0.0877. The Morgan fingerprint density at radius 2 is 1.94 bits per heavy atom. The second-order valence-electron chi connectivity index (χ2n) is 7.18. The zero-order chi connectivity index (χ0) is 24.0. The number of benzene rings is 1. The van der Waals surface area contributed by atoms with Crippen LogP contribution in [0.2, 0.25) is 0 Å². The largest absolute Gasteiger partial charge is 0.461 e. The summed E-state index contributed by atoms with van der Waals surface area (Å²) in [6.07, 6.45) is 0. The molecule has 0 aliphatic carbocycles. The van der Waals surface area contributed by atoms with Crippen molar-refractivity contribution in [1.29, 1.82) is 0 Å². The maximum Gasteiger partial charge on any atom is 0.355 e. The Morgan fingerprint density at radius 1 is 1.25 bits per heavy atom. The molecule has 0 bridgehead atoms. The van der Waals surface area contributed by atoms with E-state index in [1.165, 1.54) is 36.3 Å². The number of Topliss-reactive ketones (excluding diaryl/α,β-unsaturated/α-hetero) is 1. The quantitative estimate of drug-likeness (QED) is 0.257. The molecule has 0 radical (unpaired) electrons. The number of amides is 1. The number of carbonyl (C=O) groups excluding carboxylic acids is 3. The van der Waals surface area contributed by atoms with Gasteiger partial charge in [-0.2, -0.15) is 0 Å². The molecule has 32 heavy (non-hydrogen) atoms. The number of nitro benzene ring substituents is 1. The third-order valence-corrected chi connectivity index (χ3v) is 5.11. The number of hydrogen-bond donors (Lipinski definition) is 1. The summed E-state index contributed by atoms with van der Waals surface area (Å²) < 4.78 is 10.1. The number of nitro groups is 1. The first-order valence-corrected chi connectivity index (χ1v) is 10.1. The smallest absolute Gasteiger partial charge is 0.355 e. The molecule has 2 rings (SSSR count). The topological polar surface area (TPSA) is 132 Å². The van der Waals surface area contributed by atoms with Gasteiger partial charge < -0.3 is 19.4 Å². The molecule has 1 unspecified atom stereocenters. The molecule has 1 amide bonds. The lowest BCUT2D eigenvalue weighted by atomic mass is 9.99. The number of ketones is 1. The number of aromatic nitrogens is 1. The van der Waals surface area contributed by atoms with Crippen molar-refractivity contribution in [2.45, 2.75) is 33.7 Å². The SMILES string of the molecule is CCOC(=O)c1[nH]c(C)c(C(=O)C(C)N(CCOC)C(=O)c2cccc([N+](=O)[O-])c2)c1C. The van der Waals surface area contributed by atoms with Crippen LogP contribution in [0.4, 0.5) is 5.69 Å². The molecule has 1 aromatic carbocycles. The van der Waals surface area contributed by atoms with Crippen LogP contribution in [0.5, 0.6) is 0 Å². The Morgan fingerprint density at radius 3 is 2.53 bits per heavy atom. The molecular weight excluding hydrogens is 418 g/mol. The fourth-order valence-electron chi connectivity index (χ4n) is 3.46. The van der Waals surface area contributed by atoms with Gasteiger partial charge in [-0.15, -0.1) is 0 Å². The maximum atomic E-state index is 13.4. The minimum atomic E-state index is -0.917. The normalized spacial score (nSPS) is 11.7. The summed E-state index contributed by atoms with van der Waals surface area (Å²) in [4.78, 5) is 53.4. The van der Waals surface area contributed by atoms with E-state index < -0.39 is 22.8 Å². The summed E-state index contributed by atoms with van der Waals surface area (Å²) in [6, 6.07) is 4.41. The van der Waals surface area contributed by atoms with E-state index in [-0.39, 0.29) is 42.5 Å². The van der Waals surface area contributed by atoms with Gasteiger partial charge in [0.15, 0.2) is 5.78 Å². The fourth-order valence-corrected chi connectivity index (χ4v) is 3.46. The predicted octanol–water partition coefficient (Wildman–Crippen LogP) is 3.08. The van der Waals surface area contributed by atoms with E-state index in [9.17, 15) is 24.5 Å². The molecule has 0 aliphatic heterocycles. The molecule has 1 aromatic heterocycles. The molecule has 0 aliphatic rings. The number of aryl methyl sites for hydroxylation is 1. The van der Waals surface area contributed by atoms with Gasteiger partial charge in [0.25, 0.3) is 11.6 Å². The lowest BCUT2D eigenvalue weighted by Gasteiger charge is -2.28. The number of aromatic amines is 1. The van der Waals surface area contributed by atoms with Gasteiger partial charge in [0.2, 0.25) is 0 Å². The predicted molar refractivity (Wildman–Crippen MR) is 116 cm³/mol. The van der Waals surface area contributed by atoms with Gasteiger partial charge in [-0.05, 0) is 39.3 Å². The molecule has 172 valence electrons. The Balaban J connectivity index is 2.41. The summed E-state index contributed by atoms with van der Waals surface area (Å²) in [5, 5.41) is 11.1. The average Bonchev–Trinajstić information content (AvgIpc) is 3.07. The van der Waals surface area contributed by atoms with Crippen molar-refractivity contribution in [3.05, 3.63) is 62.5 Å². The first-order valence-electron chi connectivity index (χ1n) is 10.1. The number of carbonyl (C=O) groups is 3. The average molecular weight is 445 g/mol. The summed E-state index contributed by atoms with van der Waals surface area (Å²) in [5.74, 6) is -1.48. The molecule has 10 heteroatoms. The number of nitrogens with one attached hydrogen (secondary N) is 1. The van der Waals surface area contributed by atoms with Crippen LogP contribution in [0.1, 0.15) is 56.3 Å². The first kappa shape index (κ1) is 24.7. The summed E-state index contributed by atoms with van der Waals surface area (Å²) >= 11 is 0. The van der Waals surface area contributed by atoms with E-state index in [4.69, 9.17) is 9.47 Å². The number of H-pyrrole nitrogens is 1. The first-order chi connectivity index (χ1) is 15.1. The molecule has 1 atom stereocenters. The number of esters is 1. The zero-order valence-corrected chi connectivity index (χ0v) is 18.8. The van der Waals surface area contributed by atoms with Crippen LogP contribution in [0, 0.1) is 24.0 Å². The van der Waals surface area contributed by atoms with Crippen molar-refractivity contribution in [1.82, 2.24) is 9.88 Å². The van der Waals surface area contributed by atoms with Gasteiger partial charge in [0, 0.05) is 42.6 Å². The van der Waals surface area contributed by atoms with Crippen LogP contribution in [-0.4, -0.2) is 65.4 Å². The third kappa shape index (κ3) is 5.20. The summed E-state index contributed by atoms with van der Waals surface area (Å²) in [5.41, 5.74) is 1.27. The van der Waals surface area contributed by atoms with Gasteiger partial charge in [0.05, 0.1) is 24.2 Å². The Labute approximate surface area is 185 Å². The Bertz CT molecular complexity index is 1030. The highest BCUT2D eigenvalue weighted by Gasteiger charge is 2.32. The number of hydrogen-bond acceptors (Lipinski definition) is 7. The van der Waals surface area contributed by atoms with Gasteiger partial charge in [-0.3, -0.25) is 19.7 Å². The van der Waals surface area contributed by atoms with E-state index in [0.29, 0.717) is 16.8 Å². The van der Waals surface area contributed by atoms with E-state index in [2.05, 4.69) is 4.98 Å². The van der Waals surface area contributed by atoms with Crippen LogP contribution < -0.4 is 0 Å². The number of non-ortho nitro benzene ring substituents is 1. The second-order valence-corrected chi connectivity index (χ2v) is 7.18. The van der Waals surface area contributed by atoms with Crippen LogP contribution in [0.25, 0.3) is 0 Å². The number of methoxy groups -OCH3 is 1. The van der Waals surface area contributed by atoms with Crippen molar-refractivity contribution in [2.24, 2.45) is 0 Å². The third-order valence-electron chi connectivity index (χ3n) is 5.11. The monoisotopic (exact) mass is 445 g/mol. The van der Waals surface area contributed by atoms with Gasteiger partial charge in [-0.25, -0.2) is 4.79 Å². The standard InChI is InChI=1S/C22H27N3O7/c1-6-32-22(28)19-13(2)18(14(3)23-19)20(26)15(4)24(10-11-31-5)21(27)16-8-7-9-17(12-16)25(29)30/h7-9,12,15,23H,6,10-11H2,1-5H3. The minimum Gasteiger partial charge on any atom is -0.461 e. The van der Waals surface area contributed by atoms with Crippen LogP contribution in [-0.2, 0) is 9.47 Å². The molecule has 1 N–H and O–H groups in total. The molecule has 1 heterocycles. The molecule has 0 spiro atoms. The molecule has 0 fully saturated rings. The lowest BCUT2D eigenvalue weighted by Crippen LogP contribution is -2.45. The summed E-state index contributed by atoms with van der Waals surface area (Å²) in [7, 11) is 1.47. The molecule has 10 nitrogen and oxygen atoms in total. The van der Waals surface area contributed by atoms with E-state index in [1.54, 1.807) is 27.7 Å². The van der Waals surface area contributed by atoms with Gasteiger partial charge >= 0.3 is 5.97 Å².